The van der Waals surface area contributed by atoms with Crippen molar-refractivity contribution in [2.45, 2.75) is 43.0 Å². The minimum Gasteiger partial charge on any atom is -0.325 e. The average molecular weight is 502 g/mol. The largest absolute Gasteiger partial charge is 0.325 e. The number of sulfonamides is 2. The van der Waals surface area contributed by atoms with Gasteiger partial charge in [0, 0.05) is 5.69 Å². The standard InChI is InChI=1S/C24H27N3O5S2/c1-16-13-17(2)23(18(3)14-16)34(31,32)27-22(15-19-7-5-4-6-8-19)24(28)26-20-9-11-21(12-10-20)33(25,29)30/h4-14,22,27H,15H2,1-3H3,(H,26,28)(H2,25,29,30)/t22-/m0/s1. The van der Waals surface area contributed by atoms with E-state index < -0.39 is 32.0 Å². The molecule has 0 aliphatic carbocycles. The Bertz CT molecular complexity index is 1380. The summed E-state index contributed by atoms with van der Waals surface area (Å²) < 4.78 is 52.1. The molecular weight excluding hydrogens is 474 g/mol. The molecule has 0 bridgehead atoms. The van der Waals surface area contributed by atoms with Crippen LogP contribution in [-0.2, 0) is 31.3 Å². The highest BCUT2D eigenvalue weighted by Gasteiger charge is 2.28. The van der Waals surface area contributed by atoms with Gasteiger partial charge in [0.1, 0.15) is 6.04 Å². The number of anilines is 1. The first-order valence-electron chi connectivity index (χ1n) is 10.4. The van der Waals surface area contributed by atoms with Gasteiger partial charge >= 0.3 is 0 Å². The molecule has 1 atom stereocenters. The molecule has 0 aliphatic heterocycles. The summed E-state index contributed by atoms with van der Waals surface area (Å²) in [7, 11) is -7.90. The van der Waals surface area contributed by atoms with Gasteiger partial charge in [-0.15, -0.1) is 0 Å². The third kappa shape index (κ3) is 6.29. The zero-order valence-electron chi connectivity index (χ0n) is 19.1. The highest BCUT2D eigenvalue weighted by Crippen LogP contribution is 2.23. The van der Waals surface area contributed by atoms with Gasteiger partial charge in [-0.1, -0.05) is 48.0 Å². The summed E-state index contributed by atoms with van der Waals surface area (Å²) in [6, 6.07) is 16.8. The number of aryl methyl sites for hydroxylation is 3. The number of hydrogen-bond acceptors (Lipinski definition) is 5. The fourth-order valence-corrected chi connectivity index (χ4v) is 6.00. The van der Waals surface area contributed by atoms with Crippen LogP contribution in [0.2, 0.25) is 0 Å². The second-order valence-electron chi connectivity index (χ2n) is 8.15. The van der Waals surface area contributed by atoms with Crippen LogP contribution in [0.3, 0.4) is 0 Å². The molecule has 0 fully saturated rings. The van der Waals surface area contributed by atoms with Crippen LogP contribution in [0.25, 0.3) is 0 Å². The highest BCUT2D eigenvalue weighted by atomic mass is 32.2. The maximum atomic E-state index is 13.3. The van der Waals surface area contributed by atoms with Crippen LogP contribution < -0.4 is 15.2 Å². The van der Waals surface area contributed by atoms with E-state index in [4.69, 9.17) is 5.14 Å². The molecule has 0 aliphatic rings. The quantitative estimate of drug-likeness (QED) is 0.436. The summed E-state index contributed by atoms with van der Waals surface area (Å²) in [6.45, 7) is 5.32. The molecule has 1 amide bonds. The van der Waals surface area contributed by atoms with E-state index >= 15 is 0 Å². The summed E-state index contributed by atoms with van der Waals surface area (Å²) in [4.78, 5) is 13.2. The summed E-state index contributed by atoms with van der Waals surface area (Å²) >= 11 is 0. The minimum atomic E-state index is -4.03. The summed E-state index contributed by atoms with van der Waals surface area (Å²) in [5, 5.41) is 7.76. The second-order valence-corrected chi connectivity index (χ2v) is 11.4. The van der Waals surface area contributed by atoms with Crippen LogP contribution in [0.15, 0.2) is 76.5 Å². The number of primary sulfonamides is 1. The Hall–Kier alpha value is -3.05. The van der Waals surface area contributed by atoms with Crippen molar-refractivity contribution in [2.75, 3.05) is 5.32 Å². The summed E-state index contributed by atoms with van der Waals surface area (Å²) in [5.74, 6) is -0.585. The van der Waals surface area contributed by atoms with Crippen LogP contribution in [0.1, 0.15) is 22.3 Å². The molecule has 0 spiro atoms. The second kappa shape index (κ2) is 10.1. The van der Waals surface area contributed by atoms with Gasteiger partial charge in [-0.3, -0.25) is 4.79 Å². The lowest BCUT2D eigenvalue weighted by Crippen LogP contribution is -2.45. The average Bonchev–Trinajstić information content (AvgIpc) is 2.72. The molecule has 0 heterocycles. The normalized spacial score (nSPS) is 12.8. The van der Waals surface area contributed by atoms with Crippen molar-refractivity contribution in [2.24, 2.45) is 5.14 Å². The number of nitrogens with two attached hydrogens (primary N) is 1. The van der Waals surface area contributed by atoms with Gasteiger partial charge in [-0.25, -0.2) is 22.0 Å². The lowest BCUT2D eigenvalue weighted by molar-refractivity contribution is -0.117. The van der Waals surface area contributed by atoms with Crippen molar-refractivity contribution >= 4 is 31.6 Å². The number of amides is 1. The van der Waals surface area contributed by atoms with Gasteiger partial charge in [0.2, 0.25) is 26.0 Å². The monoisotopic (exact) mass is 501 g/mol. The molecular formula is C24H27N3O5S2. The molecule has 4 N–H and O–H groups in total. The molecule has 0 aromatic heterocycles. The molecule has 3 rings (SSSR count). The third-order valence-electron chi connectivity index (χ3n) is 5.22. The number of rotatable bonds is 8. The third-order valence-corrected chi connectivity index (χ3v) is 7.93. The molecule has 0 saturated carbocycles. The fourth-order valence-electron chi connectivity index (χ4n) is 3.83. The Morgan fingerprint density at radius 2 is 1.44 bits per heavy atom. The SMILES string of the molecule is Cc1cc(C)c(S(=O)(=O)N[C@@H](Cc2ccccc2)C(=O)Nc2ccc(S(N)(=O)=O)cc2)c(C)c1. The van der Waals surface area contributed by atoms with E-state index in [0.29, 0.717) is 16.8 Å². The van der Waals surface area contributed by atoms with Crippen molar-refractivity contribution < 1.29 is 21.6 Å². The predicted molar refractivity (Wildman–Crippen MR) is 131 cm³/mol. The first kappa shape index (κ1) is 25.6. The minimum absolute atomic E-state index is 0.0997. The van der Waals surface area contributed by atoms with E-state index in [2.05, 4.69) is 10.0 Å². The summed E-state index contributed by atoms with van der Waals surface area (Å²) in [5.41, 5.74) is 3.19. The Balaban J connectivity index is 1.91. The van der Waals surface area contributed by atoms with E-state index in [1.54, 1.807) is 50.2 Å². The Kier molecular flexibility index (Phi) is 7.57. The van der Waals surface area contributed by atoms with Gasteiger partial charge in [-0.05, 0) is 68.1 Å². The number of benzene rings is 3. The Morgan fingerprint density at radius 3 is 1.97 bits per heavy atom. The number of nitrogens with one attached hydrogen (secondary N) is 2. The topological polar surface area (TPSA) is 135 Å². The zero-order valence-corrected chi connectivity index (χ0v) is 20.7. The van der Waals surface area contributed by atoms with Gasteiger partial charge in [0.15, 0.2) is 0 Å². The molecule has 8 nitrogen and oxygen atoms in total. The Morgan fingerprint density at radius 1 is 0.882 bits per heavy atom. The van der Waals surface area contributed by atoms with E-state index in [9.17, 15) is 21.6 Å². The predicted octanol–water partition coefficient (Wildman–Crippen LogP) is 2.79. The maximum Gasteiger partial charge on any atom is 0.242 e. The van der Waals surface area contributed by atoms with E-state index in [0.717, 1.165) is 11.1 Å². The smallest absolute Gasteiger partial charge is 0.242 e. The van der Waals surface area contributed by atoms with Crippen molar-refractivity contribution in [1.82, 2.24) is 4.72 Å². The van der Waals surface area contributed by atoms with Crippen LogP contribution in [0, 0.1) is 20.8 Å². The van der Waals surface area contributed by atoms with Crippen molar-refractivity contribution in [3.8, 4) is 0 Å². The highest BCUT2D eigenvalue weighted by molar-refractivity contribution is 7.89. The van der Waals surface area contributed by atoms with Gasteiger partial charge in [-0.2, -0.15) is 4.72 Å². The molecule has 3 aromatic carbocycles. The van der Waals surface area contributed by atoms with Gasteiger partial charge in [0.25, 0.3) is 0 Å². The summed E-state index contributed by atoms with van der Waals surface area (Å²) in [6.07, 6.45) is 0.116. The lowest BCUT2D eigenvalue weighted by Gasteiger charge is -2.21. The van der Waals surface area contributed by atoms with E-state index in [1.807, 2.05) is 13.0 Å². The molecule has 0 radical (unpaired) electrons. The van der Waals surface area contributed by atoms with Gasteiger partial charge < -0.3 is 5.32 Å². The molecule has 0 unspecified atom stereocenters. The Labute approximate surface area is 200 Å². The van der Waals surface area contributed by atoms with Crippen molar-refractivity contribution in [1.29, 1.82) is 0 Å². The number of carbonyl (C=O) groups is 1. The van der Waals surface area contributed by atoms with E-state index in [1.165, 1.54) is 24.3 Å². The van der Waals surface area contributed by atoms with E-state index in [-0.39, 0.29) is 16.2 Å². The molecule has 34 heavy (non-hydrogen) atoms. The number of hydrogen-bond donors (Lipinski definition) is 3. The van der Waals surface area contributed by atoms with Gasteiger partial charge in [0.05, 0.1) is 9.79 Å². The molecule has 180 valence electrons. The van der Waals surface area contributed by atoms with Crippen molar-refractivity contribution in [3.05, 3.63) is 89.0 Å². The zero-order chi connectivity index (χ0) is 25.1. The fraction of sp³-hybridized carbons (Fsp3) is 0.208. The van der Waals surface area contributed by atoms with Crippen LogP contribution in [0.4, 0.5) is 5.69 Å². The first-order valence-corrected chi connectivity index (χ1v) is 13.5. The first-order chi connectivity index (χ1) is 15.9. The number of carbonyl (C=O) groups excluding carboxylic acids is 1. The maximum absolute atomic E-state index is 13.3. The van der Waals surface area contributed by atoms with Crippen LogP contribution in [0.5, 0.6) is 0 Å². The molecule has 3 aromatic rings. The molecule has 0 saturated heterocycles. The van der Waals surface area contributed by atoms with Crippen LogP contribution in [-0.4, -0.2) is 28.8 Å². The molecule has 10 heteroatoms. The lowest BCUT2D eigenvalue weighted by atomic mass is 10.1. The van der Waals surface area contributed by atoms with Crippen molar-refractivity contribution in [3.63, 3.8) is 0 Å². The van der Waals surface area contributed by atoms with Crippen LogP contribution >= 0.6 is 0 Å².